The van der Waals surface area contributed by atoms with E-state index in [4.69, 9.17) is 5.14 Å². The van der Waals surface area contributed by atoms with Crippen molar-refractivity contribution in [2.24, 2.45) is 17.2 Å². The predicted molar refractivity (Wildman–Crippen MR) is 106 cm³/mol. The van der Waals surface area contributed by atoms with E-state index in [1.165, 1.54) is 6.92 Å². The van der Waals surface area contributed by atoms with Crippen molar-refractivity contribution in [3.05, 3.63) is 42.1 Å². The molecule has 0 fully saturated rings. The van der Waals surface area contributed by atoms with Crippen molar-refractivity contribution in [3.8, 4) is 5.75 Å². The number of nitrogens with one attached hydrogen (secondary N) is 1. The summed E-state index contributed by atoms with van der Waals surface area (Å²) in [5.74, 6) is -0.422. The Morgan fingerprint density at radius 3 is 2.60 bits per heavy atom. The zero-order chi connectivity index (χ0) is 22.3. The van der Waals surface area contributed by atoms with E-state index in [2.05, 4.69) is 20.1 Å². The van der Waals surface area contributed by atoms with Crippen LogP contribution in [-0.4, -0.2) is 30.4 Å². The molecule has 0 aliphatic heterocycles. The third-order valence-corrected chi connectivity index (χ3v) is 5.12. The molecule has 160 valence electrons. The molecule has 0 atom stereocenters. The number of rotatable bonds is 4. The number of hydrogen-bond acceptors (Lipinski definition) is 5. The first-order chi connectivity index (χ1) is 13.8. The van der Waals surface area contributed by atoms with Crippen LogP contribution < -0.4 is 15.2 Å². The number of anilines is 1. The van der Waals surface area contributed by atoms with Gasteiger partial charge in [-0.05, 0) is 43.7 Å². The van der Waals surface area contributed by atoms with Crippen molar-refractivity contribution >= 4 is 38.1 Å². The molecule has 0 saturated heterocycles. The third-order valence-electron chi connectivity index (χ3n) is 4.20. The van der Waals surface area contributed by atoms with Crippen molar-refractivity contribution in [3.63, 3.8) is 0 Å². The first kappa shape index (κ1) is 21.6. The van der Waals surface area contributed by atoms with Gasteiger partial charge in [-0.25, -0.2) is 18.5 Å². The maximum absolute atomic E-state index is 12.7. The van der Waals surface area contributed by atoms with Crippen LogP contribution >= 0.6 is 0 Å². The molecule has 2 aromatic carbocycles. The number of halogens is 3. The topological polar surface area (TPSA) is 112 Å². The van der Waals surface area contributed by atoms with Crippen LogP contribution in [0.3, 0.4) is 0 Å². The molecule has 3 rings (SSSR count). The maximum atomic E-state index is 12.7. The molecule has 0 saturated carbocycles. The van der Waals surface area contributed by atoms with Gasteiger partial charge in [-0.2, -0.15) is 5.10 Å². The minimum absolute atomic E-state index is 0.202. The van der Waals surface area contributed by atoms with Crippen LogP contribution in [0, 0.1) is 6.92 Å². The van der Waals surface area contributed by atoms with Gasteiger partial charge in [0.15, 0.2) is 5.75 Å². The Labute approximate surface area is 170 Å². The van der Waals surface area contributed by atoms with Crippen LogP contribution in [0.4, 0.5) is 24.5 Å². The average Bonchev–Trinajstić information content (AvgIpc) is 2.98. The zero-order valence-electron chi connectivity index (χ0n) is 16.1. The third kappa shape index (κ3) is 4.71. The monoisotopic (exact) mass is 441 g/mol. The molecule has 0 unspecified atom stereocenters. The summed E-state index contributed by atoms with van der Waals surface area (Å²) in [5.41, 5.74) is 1.97. The highest BCUT2D eigenvalue weighted by Gasteiger charge is 2.32. The Balaban J connectivity index is 2.05. The molecule has 8 nitrogen and oxygen atoms in total. The number of aliphatic imine (C=N–C) groups is 1. The van der Waals surface area contributed by atoms with E-state index in [0.717, 1.165) is 34.7 Å². The van der Waals surface area contributed by atoms with Crippen molar-refractivity contribution in [1.29, 1.82) is 0 Å². The first-order valence-electron chi connectivity index (χ1n) is 8.51. The Morgan fingerprint density at radius 1 is 1.27 bits per heavy atom. The minimum atomic E-state index is -4.97. The summed E-state index contributed by atoms with van der Waals surface area (Å²) >= 11 is 0. The number of fused-ring (bicyclic) bond motifs is 1. The van der Waals surface area contributed by atoms with Gasteiger partial charge in [0, 0.05) is 12.4 Å². The molecule has 1 heterocycles. The van der Waals surface area contributed by atoms with Crippen LogP contribution in [-0.2, 0) is 17.1 Å². The van der Waals surface area contributed by atoms with E-state index >= 15 is 0 Å². The fourth-order valence-corrected chi connectivity index (χ4v) is 3.40. The second-order valence-electron chi connectivity index (χ2n) is 6.51. The quantitative estimate of drug-likeness (QED) is 0.475. The van der Waals surface area contributed by atoms with Gasteiger partial charge in [-0.1, -0.05) is 6.07 Å². The zero-order valence-corrected chi connectivity index (χ0v) is 17.0. The van der Waals surface area contributed by atoms with Gasteiger partial charge in [-0.3, -0.25) is 4.68 Å². The highest BCUT2D eigenvalue weighted by atomic mass is 32.2. The number of benzene rings is 2. The van der Waals surface area contributed by atoms with Gasteiger partial charge in [-0.15, -0.1) is 13.2 Å². The fourth-order valence-electron chi connectivity index (χ4n) is 2.86. The van der Waals surface area contributed by atoms with Gasteiger partial charge in [0.1, 0.15) is 5.84 Å². The predicted octanol–water partition coefficient (Wildman–Crippen LogP) is 3.59. The van der Waals surface area contributed by atoms with Crippen molar-refractivity contribution < 1.29 is 26.3 Å². The van der Waals surface area contributed by atoms with E-state index in [0.29, 0.717) is 5.69 Å². The molecule has 0 bridgehead atoms. The lowest BCUT2D eigenvalue weighted by Gasteiger charge is -2.16. The molecule has 0 radical (unpaired) electrons. The van der Waals surface area contributed by atoms with Gasteiger partial charge in [0.05, 0.1) is 28.0 Å². The first-order valence-corrected chi connectivity index (χ1v) is 10.1. The van der Waals surface area contributed by atoms with Crippen LogP contribution in [0.15, 0.2) is 46.4 Å². The molecule has 0 aliphatic carbocycles. The Kier molecular flexibility index (Phi) is 5.48. The number of alkyl halides is 3. The average molecular weight is 441 g/mol. The highest BCUT2D eigenvalue weighted by Crippen LogP contribution is 2.33. The van der Waals surface area contributed by atoms with Crippen LogP contribution in [0.25, 0.3) is 10.9 Å². The molecule has 3 N–H and O–H groups in total. The minimum Gasteiger partial charge on any atom is -0.404 e. The largest absolute Gasteiger partial charge is 0.573 e. The molecule has 0 aliphatic rings. The lowest BCUT2D eigenvalue weighted by Crippen LogP contribution is -2.20. The van der Waals surface area contributed by atoms with E-state index in [9.17, 15) is 21.6 Å². The normalized spacial score (nSPS) is 13.0. The number of ether oxygens (including phenoxy) is 1. The van der Waals surface area contributed by atoms with E-state index in [1.807, 2.05) is 19.1 Å². The smallest absolute Gasteiger partial charge is 0.404 e. The molecular weight excluding hydrogens is 423 g/mol. The Morgan fingerprint density at radius 2 is 1.97 bits per heavy atom. The van der Waals surface area contributed by atoms with Crippen LogP contribution in [0.5, 0.6) is 5.75 Å². The fraction of sp³-hybridized carbons (Fsp3) is 0.222. The van der Waals surface area contributed by atoms with E-state index < -0.39 is 22.1 Å². The van der Waals surface area contributed by atoms with Gasteiger partial charge < -0.3 is 10.1 Å². The number of hydrogen-bond donors (Lipinski definition) is 2. The summed E-state index contributed by atoms with van der Waals surface area (Å²) in [5, 5.41) is 12.7. The van der Waals surface area contributed by atoms with Crippen LogP contribution in [0.2, 0.25) is 0 Å². The van der Waals surface area contributed by atoms with Crippen molar-refractivity contribution in [2.45, 2.75) is 25.1 Å². The van der Waals surface area contributed by atoms with Gasteiger partial charge >= 0.3 is 6.36 Å². The standard InChI is InChI=1S/C18H18F3N5O3S/c1-10-4-6-15-13(9-23-26(15)3)17(10)25-11(2)24-14-8-12(30(22,27)28)5-7-16(14)29-18(19,20)21/h4-9H,1-3H3,(H,24,25)(H2,22,27,28). The van der Waals surface area contributed by atoms with Crippen LogP contribution in [0.1, 0.15) is 12.5 Å². The number of primary sulfonamides is 1. The Bertz CT molecular complexity index is 1250. The van der Waals surface area contributed by atoms with E-state index in [1.54, 1.807) is 17.9 Å². The summed E-state index contributed by atoms with van der Waals surface area (Å²) in [6.07, 6.45) is -3.34. The molecule has 1 aromatic heterocycles. The second-order valence-corrected chi connectivity index (χ2v) is 8.07. The van der Waals surface area contributed by atoms with Crippen molar-refractivity contribution in [1.82, 2.24) is 9.78 Å². The highest BCUT2D eigenvalue weighted by molar-refractivity contribution is 7.89. The SMILES string of the molecule is CC(=Nc1c(C)ccc2c1cnn2C)Nc1cc(S(N)(=O)=O)ccc1OC(F)(F)F. The number of nitrogens with zero attached hydrogens (tertiary/aromatic N) is 3. The van der Waals surface area contributed by atoms with E-state index in [-0.39, 0.29) is 16.4 Å². The molecule has 30 heavy (non-hydrogen) atoms. The summed E-state index contributed by atoms with van der Waals surface area (Å²) in [7, 11) is -2.37. The number of sulfonamides is 1. The van der Waals surface area contributed by atoms with Gasteiger partial charge in [0.2, 0.25) is 10.0 Å². The number of amidine groups is 1. The lowest BCUT2D eigenvalue weighted by atomic mass is 10.1. The summed E-state index contributed by atoms with van der Waals surface area (Å²) in [6, 6.07) is 6.47. The summed E-state index contributed by atoms with van der Waals surface area (Å²) in [6.45, 7) is 3.36. The summed E-state index contributed by atoms with van der Waals surface area (Å²) < 4.78 is 67.1. The Hall–Kier alpha value is -3.12. The number of aromatic nitrogens is 2. The second kappa shape index (κ2) is 7.61. The lowest BCUT2D eigenvalue weighted by molar-refractivity contribution is -0.274. The molecule has 0 spiro atoms. The maximum Gasteiger partial charge on any atom is 0.573 e. The number of nitrogens with two attached hydrogens (primary N) is 1. The molecule has 3 aromatic rings. The summed E-state index contributed by atoms with van der Waals surface area (Å²) in [4.78, 5) is 4.08. The number of aryl methyl sites for hydroxylation is 2. The molecule has 0 amide bonds. The van der Waals surface area contributed by atoms with Gasteiger partial charge in [0.25, 0.3) is 0 Å². The molecular formula is C18H18F3N5O3S. The van der Waals surface area contributed by atoms with Crippen molar-refractivity contribution in [2.75, 3.05) is 5.32 Å². The molecule has 12 heteroatoms.